The Bertz CT molecular complexity index is 890. The van der Waals surface area contributed by atoms with Gasteiger partial charge in [-0.1, -0.05) is 31.2 Å². The molecule has 136 valence electrons. The summed E-state index contributed by atoms with van der Waals surface area (Å²) in [7, 11) is 0. The highest BCUT2D eigenvalue weighted by molar-refractivity contribution is 5.94. The van der Waals surface area contributed by atoms with Gasteiger partial charge in [0.2, 0.25) is 0 Å². The molecular formula is C19H21N3O4. The van der Waals surface area contributed by atoms with Crippen LogP contribution in [0, 0.1) is 10.1 Å². The van der Waals surface area contributed by atoms with E-state index < -0.39 is 16.2 Å². The highest BCUT2D eigenvalue weighted by atomic mass is 16.6. The fourth-order valence-electron chi connectivity index (χ4n) is 3.53. The summed E-state index contributed by atoms with van der Waals surface area (Å²) in [5.74, 6) is -0.282. The number of nitrogens with zero attached hydrogens (tertiary/aromatic N) is 2. The Morgan fingerprint density at radius 2 is 2.08 bits per heavy atom. The minimum Gasteiger partial charge on any atom is -0.335 e. The maximum atomic E-state index is 13.0. The second-order valence-corrected chi connectivity index (χ2v) is 6.52. The van der Waals surface area contributed by atoms with E-state index in [0.717, 1.165) is 31.7 Å². The molecule has 7 heteroatoms. The van der Waals surface area contributed by atoms with Crippen LogP contribution in [0.15, 0.2) is 41.3 Å². The smallest absolute Gasteiger partial charge is 0.334 e. The fraction of sp³-hybridized carbons (Fsp3) is 0.368. The largest absolute Gasteiger partial charge is 0.335 e. The number of hydrogen-bond acceptors (Lipinski definition) is 4. The number of hydrogen-bond donors (Lipinski definition) is 1. The second-order valence-electron chi connectivity index (χ2n) is 6.52. The zero-order valence-electron chi connectivity index (χ0n) is 14.6. The predicted octanol–water partition coefficient (Wildman–Crippen LogP) is 2.69. The third kappa shape index (κ3) is 3.51. The summed E-state index contributed by atoms with van der Waals surface area (Å²) < 4.78 is 0. The van der Waals surface area contributed by atoms with Gasteiger partial charge in [-0.05, 0) is 36.8 Å². The molecule has 1 amide bonds. The Morgan fingerprint density at radius 1 is 1.35 bits per heavy atom. The zero-order chi connectivity index (χ0) is 18.7. The average Bonchev–Trinajstić information content (AvgIpc) is 2.65. The number of amides is 1. The van der Waals surface area contributed by atoms with Crippen LogP contribution in [-0.4, -0.2) is 33.3 Å². The SMILES string of the molecule is CCCN(C(=O)c1c[nH]c(=O)c([N+](=O)[O-])c1)C1CCc2ccccc2C1. The topological polar surface area (TPSA) is 96.3 Å². The minimum atomic E-state index is -0.805. The van der Waals surface area contributed by atoms with Crippen molar-refractivity contribution in [3.8, 4) is 0 Å². The molecular weight excluding hydrogens is 334 g/mol. The summed E-state index contributed by atoms with van der Waals surface area (Å²) in [6, 6.07) is 9.33. The van der Waals surface area contributed by atoms with Crippen molar-refractivity contribution < 1.29 is 9.72 Å². The molecule has 1 N–H and O–H groups in total. The van der Waals surface area contributed by atoms with Crippen molar-refractivity contribution in [3.05, 3.63) is 73.7 Å². The van der Waals surface area contributed by atoms with E-state index >= 15 is 0 Å². The van der Waals surface area contributed by atoms with Gasteiger partial charge in [-0.15, -0.1) is 0 Å². The summed E-state index contributed by atoms with van der Waals surface area (Å²) in [5, 5.41) is 11.0. The Balaban J connectivity index is 1.89. The Labute approximate surface area is 150 Å². The maximum Gasteiger partial charge on any atom is 0.334 e. The number of aromatic nitrogens is 1. The third-order valence-corrected chi connectivity index (χ3v) is 4.81. The zero-order valence-corrected chi connectivity index (χ0v) is 14.6. The van der Waals surface area contributed by atoms with E-state index in [-0.39, 0.29) is 17.5 Å². The number of nitro groups is 1. The van der Waals surface area contributed by atoms with Crippen molar-refractivity contribution in [3.63, 3.8) is 0 Å². The summed E-state index contributed by atoms with van der Waals surface area (Å²) in [4.78, 5) is 38.9. The van der Waals surface area contributed by atoms with Gasteiger partial charge in [0.1, 0.15) is 0 Å². The van der Waals surface area contributed by atoms with E-state index in [4.69, 9.17) is 0 Å². The molecule has 0 saturated heterocycles. The van der Waals surface area contributed by atoms with Crippen LogP contribution in [0.5, 0.6) is 0 Å². The molecule has 1 atom stereocenters. The van der Waals surface area contributed by atoms with Crippen LogP contribution in [0.1, 0.15) is 41.3 Å². The van der Waals surface area contributed by atoms with E-state index in [1.54, 1.807) is 4.90 Å². The minimum absolute atomic E-state index is 0.0448. The van der Waals surface area contributed by atoms with Crippen LogP contribution in [0.25, 0.3) is 0 Å². The molecule has 3 rings (SSSR count). The highest BCUT2D eigenvalue weighted by Gasteiger charge is 2.29. The van der Waals surface area contributed by atoms with Crippen molar-refractivity contribution in [1.82, 2.24) is 9.88 Å². The van der Waals surface area contributed by atoms with Gasteiger partial charge in [-0.25, -0.2) is 0 Å². The quantitative estimate of drug-likeness (QED) is 0.659. The molecule has 26 heavy (non-hydrogen) atoms. The van der Waals surface area contributed by atoms with E-state index in [1.807, 2.05) is 19.1 Å². The van der Waals surface area contributed by atoms with Gasteiger partial charge in [0, 0.05) is 24.8 Å². The Hall–Kier alpha value is -2.96. The highest BCUT2D eigenvalue weighted by Crippen LogP contribution is 2.26. The Kier molecular flexibility index (Phi) is 5.16. The van der Waals surface area contributed by atoms with E-state index in [0.29, 0.717) is 6.54 Å². The molecule has 1 heterocycles. The number of nitrogens with one attached hydrogen (secondary N) is 1. The van der Waals surface area contributed by atoms with E-state index in [2.05, 4.69) is 17.1 Å². The van der Waals surface area contributed by atoms with E-state index in [9.17, 15) is 19.7 Å². The van der Waals surface area contributed by atoms with Crippen molar-refractivity contribution in [2.24, 2.45) is 0 Å². The van der Waals surface area contributed by atoms with Gasteiger partial charge >= 0.3 is 11.2 Å². The molecule has 7 nitrogen and oxygen atoms in total. The first-order valence-corrected chi connectivity index (χ1v) is 8.76. The number of rotatable bonds is 5. The molecule has 0 radical (unpaired) electrons. The van der Waals surface area contributed by atoms with Gasteiger partial charge in [-0.2, -0.15) is 0 Å². The van der Waals surface area contributed by atoms with Gasteiger partial charge in [0.25, 0.3) is 5.91 Å². The van der Waals surface area contributed by atoms with E-state index in [1.165, 1.54) is 17.3 Å². The van der Waals surface area contributed by atoms with Gasteiger partial charge in [-0.3, -0.25) is 19.7 Å². The summed E-state index contributed by atoms with van der Waals surface area (Å²) in [6.45, 7) is 2.56. The van der Waals surface area contributed by atoms with Crippen LogP contribution in [0.3, 0.4) is 0 Å². The predicted molar refractivity (Wildman–Crippen MR) is 97.3 cm³/mol. The fourth-order valence-corrected chi connectivity index (χ4v) is 3.53. The van der Waals surface area contributed by atoms with Crippen molar-refractivity contribution >= 4 is 11.6 Å². The molecule has 2 aromatic rings. The molecule has 0 saturated carbocycles. The van der Waals surface area contributed by atoms with Crippen LogP contribution >= 0.6 is 0 Å². The number of H-pyrrole nitrogens is 1. The van der Waals surface area contributed by atoms with Crippen LogP contribution < -0.4 is 5.56 Å². The number of fused-ring (bicyclic) bond motifs is 1. The number of pyridine rings is 1. The third-order valence-electron chi connectivity index (χ3n) is 4.81. The molecule has 1 unspecified atom stereocenters. The first-order valence-electron chi connectivity index (χ1n) is 8.76. The number of carbonyl (C=O) groups is 1. The van der Waals surface area contributed by atoms with Gasteiger partial charge in [0.05, 0.1) is 10.5 Å². The summed E-state index contributed by atoms with van der Waals surface area (Å²) in [6.07, 6.45) is 4.58. The van der Waals surface area contributed by atoms with Gasteiger partial charge in [0.15, 0.2) is 0 Å². The molecule has 0 bridgehead atoms. The Morgan fingerprint density at radius 3 is 2.77 bits per heavy atom. The van der Waals surface area contributed by atoms with Crippen LogP contribution in [-0.2, 0) is 12.8 Å². The normalized spacial score (nSPS) is 16.0. The molecule has 1 aliphatic carbocycles. The molecule has 0 aliphatic heterocycles. The molecule has 0 spiro atoms. The molecule has 1 aliphatic rings. The summed E-state index contributed by atoms with van der Waals surface area (Å²) >= 11 is 0. The number of aromatic amines is 1. The first kappa shape index (κ1) is 17.8. The van der Waals surface area contributed by atoms with Crippen LogP contribution in [0.2, 0.25) is 0 Å². The lowest BCUT2D eigenvalue weighted by molar-refractivity contribution is -0.386. The standard InChI is InChI=1S/C19H21N3O4/c1-2-9-21(16-8-7-13-5-3-4-6-14(13)10-16)19(24)15-11-17(22(25)26)18(23)20-12-15/h3-6,11-12,16H,2,7-10H2,1H3,(H,20,23). The number of benzene rings is 1. The number of carbonyl (C=O) groups excluding carboxylic acids is 1. The lowest BCUT2D eigenvalue weighted by Gasteiger charge is -2.35. The maximum absolute atomic E-state index is 13.0. The molecule has 0 fully saturated rings. The monoisotopic (exact) mass is 355 g/mol. The summed E-state index contributed by atoms with van der Waals surface area (Å²) in [5.41, 5.74) is 1.28. The number of aryl methyl sites for hydroxylation is 1. The van der Waals surface area contributed by atoms with Gasteiger partial charge < -0.3 is 9.88 Å². The van der Waals surface area contributed by atoms with Crippen molar-refractivity contribution in [1.29, 1.82) is 0 Å². The van der Waals surface area contributed by atoms with Crippen molar-refractivity contribution in [2.75, 3.05) is 6.54 Å². The first-order chi connectivity index (χ1) is 12.5. The lowest BCUT2D eigenvalue weighted by atomic mass is 9.87. The average molecular weight is 355 g/mol. The van der Waals surface area contributed by atoms with Crippen molar-refractivity contribution in [2.45, 2.75) is 38.6 Å². The molecule has 1 aromatic heterocycles. The van der Waals surface area contributed by atoms with Crippen LogP contribution in [0.4, 0.5) is 5.69 Å². The lowest BCUT2D eigenvalue weighted by Crippen LogP contribution is -2.44. The second kappa shape index (κ2) is 7.51. The molecule has 1 aromatic carbocycles.